The highest BCUT2D eigenvalue weighted by Gasteiger charge is 2.30. The van der Waals surface area contributed by atoms with Crippen molar-refractivity contribution in [3.63, 3.8) is 0 Å². The normalized spacial score (nSPS) is 17.5. The van der Waals surface area contributed by atoms with E-state index >= 15 is 0 Å². The number of rotatable bonds is 7. The van der Waals surface area contributed by atoms with Crippen molar-refractivity contribution in [1.82, 2.24) is 25.1 Å². The second-order valence-corrected chi connectivity index (χ2v) is 6.63. The maximum Gasteiger partial charge on any atom is 0.220 e. The van der Waals surface area contributed by atoms with Crippen molar-refractivity contribution < 1.29 is 4.79 Å². The predicted molar refractivity (Wildman–Crippen MR) is 94.5 cm³/mol. The van der Waals surface area contributed by atoms with E-state index in [1.807, 2.05) is 22.9 Å². The molecular formula is C18H26N6O. The van der Waals surface area contributed by atoms with Crippen LogP contribution in [-0.4, -0.2) is 44.1 Å². The third-order valence-corrected chi connectivity index (χ3v) is 5.07. The average Bonchev–Trinajstić information content (AvgIpc) is 3.10. The zero-order chi connectivity index (χ0) is 17.6. The first-order valence-electron chi connectivity index (χ1n) is 9.02. The van der Waals surface area contributed by atoms with Gasteiger partial charge in [0.05, 0.1) is 6.04 Å². The van der Waals surface area contributed by atoms with Gasteiger partial charge in [0.1, 0.15) is 0 Å². The third-order valence-electron chi connectivity index (χ3n) is 5.07. The molecule has 7 nitrogen and oxygen atoms in total. The van der Waals surface area contributed by atoms with E-state index < -0.39 is 0 Å². The molecule has 25 heavy (non-hydrogen) atoms. The number of tetrazole rings is 1. The van der Waals surface area contributed by atoms with Crippen molar-refractivity contribution in [1.29, 1.82) is 0 Å². The van der Waals surface area contributed by atoms with Gasteiger partial charge in [-0.15, -0.1) is 5.10 Å². The topological polar surface area (TPSA) is 89.9 Å². The summed E-state index contributed by atoms with van der Waals surface area (Å²) in [5.74, 6) is 0.735. The Morgan fingerprint density at radius 3 is 2.64 bits per heavy atom. The molecule has 1 saturated heterocycles. The number of nitrogens with zero attached hydrogens (tertiary/aromatic N) is 5. The van der Waals surface area contributed by atoms with E-state index in [1.165, 1.54) is 5.56 Å². The summed E-state index contributed by atoms with van der Waals surface area (Å²) in [5.41, 5.74) is 6.72. The number of benzene rings is 1. The van der Waals surface area contributed by atoms with Gasteiger partial charge in [-0.3, -0.25) is 9.69 Å². The van der Waals surface area contributed by atoms with Gasteiger partial charge in [-0.2, -0.15) is 0 Å². The lowest BCUT2D eigenvalue weighted by Crippen LogP contribution is -2.41. The van der Waals surface area contributed by atoms with E-state index in [0.717, 1.165) is 51.1 Å². The smallest absolute Gasteiger partial charge is 0.220 e. The highest BCUT2D eigenvalue weighted by atomic mass is 16.1. The summed E-state index contributed by atoms with van der Waals surface area (Å²) in [6, 6.07) is 10.5. The first kappa shape index (κ1) is 17.5. The van der Waals surface area contributed by atoms with Crippen molar-refractivity contribution in [2.75, 3.05) is 13.1 Å². The lowest BCUT2D eigenvalue weighted by molar-refractivity contribution is -0.123. The molecule has 7 heteroatoms. The number of hydrogen-bond acceptors (Lipinski definition) is 5. The van der Waals surface area contributed by atoms with Crippen LogP contribution in [0.25, 0.3) is 0 Å². The fourth-order valence-electron chi connectivity index (χ4n) is 3.59. The largest absolute Gasteiger partial charge is 0.369 e. The molecule has 0 unspecified atom stereocenters. The SMILES string of the molecule is CC[C@H](c1nnnn1CCc1ccccc1)N1CCC(C(N)=O)CC1. The van der Waals surface area contributed by atoms with E-state index in [4.69, 9.17) is 5.73 Å². The first-order valence-corrected chi connectivity index (χ1v) is 9.02. The van der Waals surface area contributed by atoms with Crippen LogP contribution in [0.5, 0.6) is 0 Å². The molecule has 0 saturated carbocycles. The van der Waals surface area contributed by atoms with Crippen LogP contribution in [0.2, 0.25) is 0 Å². The highest BCUT2D eigenvalue weighted by Crippen LogP contribution is 2.27. The number of likely N-dealkylation sites (tertiary alicyclic amines) is 1. The Hall–Kier alpha value is -2.28. The van der Waals surface area contributed by atoms with Crippen LogP contribution in [0.4, 0.5) is 0 Å². The summed E-state index contributed by atoms with van der Waals surface area (Å²) >= 11 is 0. The number of piperidine rings is 1. The molecule has 0 spiro atoms. The number of aromatic nitrogens is 4. The summed E-state index contributed by atoms with van der Waals surface area (Å²) in [7, 11) is 0. The number of carbonyl (C=O) groups is 1. The number of amides is 1. The second kappa shape index (κ2) is 8.20. The minimum absolute atomic E-state index is 0.00262. The van der Waals surface area contributed by atoms with E-state index in [2.05, 4.69) is 39.5 Å². The van der Waals surface area contributed by atoms with Gasteiger partial charge < -0.3 is 5.73 Å². The molecule has 1 atom stereocenters. The van der Waals surface area contributed by atoms with Crippen LogP contribution in [0.15, 0.2) is 30.3 Å². The number of primary amides is 1. The van der Waals surface area contributed by atoms with Crippen molar-refractivity contribution in [3.05, 3.63) is 41.7 Å². The molecule has 3 rings (SSSR count). The monoisotopic (exact) mass is 342 g/mol. The van der Waals surface area contributed by atoms with E-state index in [1.54, 1.807) is 0 Å². The molecule has 1 aromatic heterocycles. The highest BCUT2D eigenvalue weighted by molar-refractivity contribution is 5.76. The van der Waals surface area contributed by atoms with Gasteiger partial charge in [-0.1, -0.05) is 37.3 Å². The Kier molecular flexibility index (Phi) is 5.75. The van der Waals surface area contributed by atoms with Crippen LogP contribution in [0.3, 0.4) is 0 Å². The lowest BCUT2D eigenvalue weighted by Gasteiger charge is -2.35. The zero-order valence-corrected chi connectivity index (χ0v) is 14.7. The fourth-order valence-corrected chi connectivity index (χ4v) is 3.59. The summed E-state index contributed by atoms with van der Waals surface area (Å²) in [4.78, 5) is 13.7. The van der Waals surface area contributed by atoms with Crippen molar-refractivity contribution in [2.45, 2.75) is 45.2 Å². The number of nitrogens with two attached hydrogens (primary N) is 1. The van der Waals surface area contributed by atoms with Crippen molar-refractivity contribution in [3.8, 4) is 0 Å². The van der Waals surface area contributed by atoms with Crippen LogP contribution in [0.1, 0.15) is 43.6 Å². The molecule has 2 N–H and O–H groups in total. The predicted octanol–water partition coefficient (Wildman–Crippen LogP) is 1.56. The van der Waals surface area contributed by atoms with Gasteiger partial charge in [-0.05, 0) is 54.8 Å². The maximum atomic E-state index is 11.4. The molecule has 2 aromatic rings. The molecule has 1 aliphatic rings. The minimum Gasteiger partial charge on any atom is -0.369 e. The lowest BCUT2D eigenvalue weighted by atomic mass is 9.94. The Balaban J connectivity index is 1.66. The minimum atomic E-state index is -0.180. The molecular weight excluding hydrogens is 316 g/mol. The fraction of sp³-hybridized carbons (Fsp3) is 0.556. The number of aryl methyl sites for hydroxylation is 2. The Morgan fingerprint density at radius 2 is 2.00 bits per heavy atom. The maximum absolute atomic E-state index is 11.4. The van der Waals surface area contributed by atoms with Crippen LogP contribution < -0.4 is 5.73 Å². The summed E-state index contributed by atoms with van der Waals surface area (Å²) < 4.78 is 1.92. The molecule has 1 amide bonds. The van der Waals surface area contributed by atoms with Gasteiger partial charge in [0.25, 0.3) is 0 Å². The van der Waals surface area contributed by atoms with Crippen molar-refractivity contribution in [2.24, 2.45) is 11.7 Å². The van der Waals surface area contributed by atoms with Crippen LogP contribution >= 0.6 is 0 Å². The third kappa shape index (κ3) is 4.22. The Bertz CT molecular complexity index is 678. The molecule has 1 aliphatic heterocycles. The summed E-state index contributed by atoms with van der Waals surface area (Å²) in [6.07, 6.45) is 3.47. The number of hydrogen-bond donors (Lipinski definition) is 1. The van der Waals surface area contributed by atoms with Crippen LogP contribution in [0, 0.1) is 5.92 Å². The number of carbonyl (C=O) groups excluding carboxylic acids is 1. The van der Waals surface area contributed by atoms with E-state index in [9.17, 15) is 4.79 Å². The molecule has 2 heterocycles. The zero-order valence-electron chi connectivity index (χ0n) is 14.7. The Labute approximate surface area is 148 Å². The van der Waals surface area contributed by atoms with E-state index in [0.29, 0.717) is 0 Å². The quantitative estimate of drug-likeness (QED) is 0.825. The second-order valence-electron chi connectivity index (χ2n) is 6.63. The van der Waals surface area contributed by atoms with Gasteiger partial charge in [0, 0.05) is 12.5 Å². The molecule has 134 valence electrons. The van der Waals surface area contributed by atoms with Gasteiger partial charge in [-0.25, -0.2) is 4.68 Å². The molecule has 1 aromatic carbocycles. The summed E-state index contributed by atoms with van der Waals surface area (Å²) in [5, 5.41) is 12.4. The van der Waals surface area contributed by atoms with Gasteiger partial charge in [0.15, 0.2) is 5.82 Å². The molecule has 1 fully saturated rings. The standard InChI is InChI=1S/C18H26N6O/c1-2-16(23-11-9-15(10-12-23)17(19)25)18-20-21-22-24(18)13-8-14-6-4-3-5-7-14/h3-7,15-16H,2,8-13H2,1H3,(H2,19,25)/t16-/m1/s1. The van der Waals surface area contributed by atoms with E-state index in [-0.39, 0.29) is 17.9 Å². The van der Waals surface area contributed by atoms with Crippen LogP contribution in [-0.2, 0) is 17.8 Å². The van der Waals surface area contributed by atoms with Gasteiger partial charge >= 0.3 is 0 Å². The Morgan fingerprint density at radius 1 is 1.28 bits per heavy atom. The summed E-state index contributed by atoms with van der Waals surface area (Å²) in [6.45, 7) is 4.64. The molecule has 0 aliphatic carbocycles. The van der Waals surface area contributed by atoms with Gasteiger partial charge in [0.2, 0.25) is 5.91 Å². The molecule has 0 bridgehead atoms. The average molecular weight is 342 g/mol. The first-order chi connectivity index (χ1) is 12.2. The van der Waals surface area contributed by atoms with Crippen molar-refractivity contribution >= 4 is 5.91 Å². The molecule has 0 radical (unpaired) electrons.